The van der Waals surface area contributed by atoms with Crippen LogP contribution >= 0.6 is 11.6 Å². The molecule has 5 heteroatoms. The van der Waals surface area contributed by atoms with Crippen LogP contribution in [0.4, 0.5) is 8.78 Å². The SMILES string of the molecule is Cc1c(Cl)cc(C(=O)NCc2ccccc2)c(F)c1F. The second kappa shape index (κ2) is 6.01. The van der Waals surface area contributed by atoms with Gasteiger partial charge in [-0.05, 0) is 18.6 Å². The Hall–Kier alpha value is -1.94. The maximum absolute atomic E-state index is 13.7. The average molecular weight is 296 g/mol. The molecule has 0 saturated carbocycles. The van der Waals surface area contributed by atoms with Gasteiger partial charge in [0.15, 0.2) is 11.6 Å². The molecule has 0 saturated heterocycles. The zero-order valence-corrected chi connectivity index (χ0v) is 11.5. The molecule has 2 aromatic carbocycles. The van der Waals surface area contributed by atoms with Crippen LogP contribution in [0.2, 0.25) is 5.02 Å². The van der Waals surface area contributed by atoms with Crippen molar-refractivity contribution in [3.05, 3.63) is 69.7 Å². The normalized spacial score (nSPS) is 10.4. The van der Waals surface area contributed by atoms with Crippen LogP contribution in [0.5, 0.6) is 0 Å². The maximum atomic E-state index is 13.7. The summed E-state index contributed by atoms with van der Waals surface area (Å²) in [4.78, 5) is 11.9. The summed E-state index contributed by atoms with van der Waals surface area (Å²) < 4.78 is 27.3. The minimum Gasteiger partial charge on any atom is -0.348 e. The van der Waals surface area contributed by atoms with E-state index >= 15 is 0 Å². The number of carbonyl (C=O) groups is 1. The molecule has 0 aliphatic carbocycles. The molecule has 0 atom stereocenters. The predicted molar refractivity (Wildman–Crippen MR) is 73.7 cm³/mol. The van der Waals surface area contributed by atoms with Gasteiger partial charge in [-0.15, -0.1) is 0 Å². The van der Waals surface area contributed by atoms with Crippen molar-refractivity contribution < 1.29 is 13.6 Å². The van der Waals surface area contributed by atoms with Gasteiger partial charge in [-0.3, -0.25) is 4.79 Å². The molecule has 104 valence electrons. The zero-order chi connectivity index (χ0) is 14.7. The van der Waals surface area contributed by atoms with Gasteiger partial charge in [0, 0.05) is 17.1 Å². The number of carbonyl (C=O) groups excluding carboxylic acids is 1. The number of hydrogen-bond acceptors (Lipinski definition) is 1. The number of hydrogen-bond donors (Lipinski definition) is 1. The summed E-state index contributed by atoms with van der Waals surface area (Å²) in [6.07, 6.45) is 0. The molecule has 2 aromatic rings. The summed E-state index contributed by atoms with van der Waals surface area (Å²) in [6.45, 7) is 1.58. The van der Waals surface area contributed by atoms with Crippen molar-refractivity contribution in [1.82, 2.24) is 5.32 Å². The van der Waals surface area contributed by atoms with Crippen LogP contribution in [0.15, 0.2) is 36.4 Å². The molecule has 0 heterocycles. The molecule has 0 spiro atoms. The number of halogens is 3. The molecule has 2 nitrogen and oxygen atoms in total. The third kappa shape index (κ3) is 2.96. The fraction of sp³-hybridized carbons (Fsp3) is 0.133. The van der Waals surface area contributed by atoms with Gasteiger partial charge >= 0.3 is 0 Å². The van der Waals surface area contributed by atoms with Gasteiger partial charge in [0.2, 0.25) is 0 Å². The van der Waals surface area contributed by atoms with Crippen LogP contribution in [0, 0.1) is 18.6 Å². The first-order chi connectivity index (χ1) is 9.50. The van der Waals surface area contributed by atoms with Crippen molar-refractivity contribution in [1.29, 1.82) is 0 Å². The molecule has 1 amide bonds. The summed E-state index contributed by atoms with van der Waals surface area (Å²) in [6, 6.07) is 10.3. The van der Waals surface area contributed by atoms with Crippen molar-refractivity contribution in [3.63, 3.8) is 0 Å². The van der Waals surface area contributed by atoms with E-state index in [1.165, 1.54) is 6.92 Å². The van der Waals surface area contributed by atoms with Crippen molar-refractivity contribution in [2.24, 2.45) is 0 Å². The van der Waals surface area contributed by atoms with Crippen molar-refractivity contribution in [2.75, 3.05) is 0 Å². The van der Waals surface area contributed by atoms with Crippen molar-refractivity contribution in [3.8, 4) is 0 Å². The molecule has 0 aromatic heterocycles. The van der Waals surface area contributed by atoms with Gasteiger partial charge in [0.05, 0.1) is 5.56 Å². The van der Waals surface area contributed by atoms with Crippen LogP contribution in [0.1, 0.15) is 21.5 Å². The van der Waals surface area contributed by atoms with Gasteiger partial charge in [0.25, 0.3) is 5.91 Å². The fourth-order valence-corrected chi connectivity index (χ4v) is 1.92. The lowest BCUT2D eigenvalue weighted by Gasteiger charge is -2.09. The molecule has 0 aliphatic heterocycles. The number of benzene rings is 2. The highest BCUT2D eigenvalue weighted by Gasteiger charge is 2.19. The Morgan fingerprint density at radius 3 is 2.50 bits per heavy atom. The third-order valence-corrected chi connectivity index (χ3v) is 3.32. The molecule has 0 aliphatic rings. The van der Waals surface area contributed by atoms with Gasteiger partial charge < -0.3 is 5.32 Å². The fourth-order valence-electron chi connectivity index (χ4n) is 1.72. The Morgan fingerprint density at radius 2 is 1.85 bits per heavy atom. The lowest BCUT2D eigenvalue weighted by Crippen LogP contribution is -2.24. The molecule has 2 rings (SSSR count). The van der Waals surface area contributed by atoms with E-state index < -0.39 is 23.1 Å². The van der Waals surface area contributed by atoms with Crippen LogP contribution in [0.25, 0.3) is 0 Å². The van der Waals surface area contributed by atoms with Gasteiger partial charge in [0.1, 0.15) is 0 Å². The zero-order valence-electron chi connectivity index (χ0n) is 10.7. The second-order valence-electron chi connectivity index (χ2n) is 4.33. The molecule has 0 fully saturated rings. The molecular formula is C15H12ClF2NO. The Balaban J connectivity index is 2.18. The lowest BCUT2D eigenvalue weighted by molar-refractivity contribution is 0.0946. The Bertz CT molecular complexity index is 644. The quantitative estimate of drug-likeness (QED) is 0.856. The van der Waals surface area contributed by atoms with Gasteiger partial charge in [-0.25, -0.2) is 8.78 Å². The van der Waals surface area contributed by atoms with Crippen molar-refractivity contribution in [2.45, 2.75) is 13.5 Å². The van der Waals surface area contributed by atoms with Crippen molar-refractivity contribution >= 4 is 17.5 Å². The lowest BCUT2D eigenvalue weighted by atomic mass is 10.1. The first kappa shape index (κ1) is 14.5. The maximum Gasteiger partial charge on any atom is 0.254 e. The van der Waals surface area contributed by atoms with E-state index in [0.717, 1.165) is 11.6 Å². The standard InChI is InChI=1S/C15H12ClF2NO/c1-9-12(16)7-11(14(18)13(9)17)15(20)19-8-10-5-3-2-4-6-10/h2-7H,8H2,1H3,(H,19,20). The summed E-state index contributed by atoms with van der Waals surface area (Å²) in [7, 11) is 0. The van der Waals surface area contributed by atoms with Crippen LogP contribution in [-0.2, 0) is 6.54 Å². The monoisotopic (exact) mass is 295 g/mol. The van der Waals surface area contributed by atoms with E-state index in [2.05, 4.69) is 5.32 Å². The van der Waals surface area contributed by atoms with E-state index in [4.69, 9.17) is 11.6 Å². The van der Waals surface area contributed by atoms with E-state index in [-0.39, 0.29) is 17.1 Å². The van der Waals surface area contributed by atoms with E-state index in [1.54, 1.807) is 0 Å². The molecule has 0 unspecified atom stereocenters. The third-order valence-electron chi connectivity index (χ3n) is 2.93. The topological polar surface area (TPSA) is 29.1 Å². The molecule has 0 bridgehead atoms. The van der Waals surface area contributed by atoms with Crippen LogP contribution in [-0.4, -0.2) is 5.91 Å². The molecule has 1 N–H and O–H groups in total. The highest BCUT2D eigenvalue weighted by molar-refractivity contribution is 6.31. The van der Waals surface area contributed by atoms with E-state index in [0.29, 0.717) is 0 Å². The second-order valence-corrected chi connectivity index (χ2v) is 4.73. The molecular weight excluding hydrogens is 284 g/mol. The average Bonchev–Trinajstić information content (AvgIpc) is 2.47. The Kier molecular flexibility index (Phi) is 4.35. The minimum atomic E-state index is -1.18. The van der Waals surface area contributed by atoms with Gasteiger partial charge in [-0.1, -0.05) is 41.9 Å². The van der Waals surface area contributed by atoms with Crippen LogP contribution in [0.3, 0.4) is 0 Å². The summed E-state index contributed by atoms with van der Waals surface area (Å²) >= 11 is 5.77. The molecule has 20 heavy (non-hydrogen) atoms. The number of nitrogens with one attached hydrogen (secondary N) is 1. The van der Waals surface area contributed by atoms with Crippen LogP contribution < -0.4 is 5.32 Å². The summed E-state index contributed by atoms with van der Waals surface area (Å²) in [5.74, 6) is -2.98. The number of amides is 1. The minimum absolute atomic E-state index is 0.0104. The molecule has 0 radical (unpaired) electrons. The highest BCUT2D eigenvalue weighted by atomic mass is 35.5. The van der Waals surface area contributed by atoms with E-state index in [1.807, 2.05) is 30.3 Å². The summed E-state index contributed by atoms with van der Waals surface area (Å²) in [5.41, 5.74) is 0.456. The first-order valence-corrected chi connectivity index (χ1v) is 6.34. The smallest absolute Gasteiger partial charge is 0.254 e. The predicted octanol–water partition coefficient (Wildman–Crippen LogP) is 3.86. The summed E-state index contributed by atoms with van der Waals surface area (Å²) in [5, 5.41) is 2.55. The Labute approximate surface area is 120 Å². The first-order valence-electron chi connectivity index (χ1n) is 5.97. The number of rotatable bonds is 3. The van der Waals surface area contributed by atoms with E-state index in [9.17, 15) is 13.6 Å². The van der Waals surface area contributed by atoms with Gasteiger partial charge in [-0.2, -0.15) is 0 Å². The largest absolute Gasteiger partial charge is 0.348 e. The highest BCUT2D eigenvalue weighted by Crippen LogP contribution is 2.24. The Morgan fingerprint density at radius 1 is 1.20 bits per heavy atom.